The Hall–Kier alpha value is -0.610. The molecule has 2 unspecified atom stereocenters. The van der Waals surface area contributed by atoms with Crippen molar-refractivity contribution >= 4 is 5.97 Å². The maximum Gasteiger partial charge on any atom is 0.326 e. The third kappa shape index (κ3) is 3.11. The summed E-state index contributed by atoms with van der Waals surface area (Å²) in [6, 6.07) is 0. The van der Waals surface area contributed by atoms with Gasteiger partial charge in [-0.1, -0.05) is 6.42 Å². The highest BCUT2D eigenvalue weighted by Crippen LogP contribution is 2.39. The molecule has 2 aliphatic rings. The highest BCUT2D eigenvalue weighted by Gasteiger charge is 2.48. The van der Waals surface area contributed by atoms with Crippen molar-refractivity contribution in [2.45, 2.75) is 63.5 Å². The van der Waals surface area contributed by atoms with E-state index in [-0.39, 0.29) is 5.97 Å². The predicted molar refractivity (Wildman–Crippen MR) is 74.0 cm³/mol. The van der Waals surface area contributed by atoms with Crippen LogP contribution in [0, 0.1) is 5.92 Å². The zero-order valence-electron chi connectivity index (χ0n) is 12.2. The van der Waals surface area contributed by atoms with Gasteiger partial charge in [0.25, 0.3) is 0 Å². The van der Waals surface area contributed by atoms with Gasteiger partial charge in [0.05, 0.1) is 12.7 Å². The van der Waals surface area contributed by atoms with Crippen molar-refractivity contribution in [1.29, 1.82) is 0 Å². The lowest BCUT2D eigenvalue weighted by molar-refractivity contribution is -0.153. The first-order chi connectivity index (χ1) is 9.23. The zero-order valence-corrected chi connectivity index (χ0v) is 12.2. The number of nitrogens with one attached hydrogen (secondary N) is 1. The first-order valence-electron chi connectivity index (χ1n) is 7.70. The summed E-state index contributed by atoms with van der Waals surface area (Å²) < 4.78 is 11.1. The molecule has 0 heterocycles. The maximum atomic E-state index is 12.2. The average molecular weight is 269 g/mol. The van der Waals surface area contributed by atoms with Crippen molar-refractivity contribution in [1.82, 2.24) is 5.32 Å². The molecule has 110 valence electrons. The second kappa shape index (κ2) is 6.71. The van der Waals surface area contributed by atoms with Crippen LogP contribution in [0.25, 0.3) is 0 Å². The first-order valence-corrected chi connectivity index (χ1v) is 7.70. The Morgan fingerprint density at radius 2 is 2.11 bits per heavy atom. The molecule has 0 amide bonds. The maximum absolute atomic E-state index is 12.2. The summed E-state index contributed by atoms with van der Waals surface area (Å²) in [5.74, 6) is 0.264. The summed E-state index contributed by atoms with van der Waals surface area (Å²) in [6.07, 6.45) is 8.22. The Bertz CT molecular complexity index is 304. The molecule has 0 aromatic rings. The Morgan fingerprint density at radius 1 is 1.32 bits per heavy atom. The minimum absolute atomic E-state index is 0.0800. The lowest BCUT2D eigenvalue weighted by Crippen LogP contribution is -2.54. The van der Waals surface area contributed by atoms with Crippen LogP contribution < -0.4 is 5.32 Å². The van der Waals surface area contributed by atoms with Crippen molar-refractivity contribution in [3.63, 3.8) is 0 Å². The molecule has 2 fully saturated rings. The largest absolute Gasteiger partial charge is 0.465 e. The lowest BCUT2D eigenvalue weighted by Gasteiger charge is -2.33. The smallest absolute Gasteiger partial charge is 0.326 e. The molecule has 0 aliphatic heterocycles. The van der Waals surface area contributed by atoms with Crippen molar-refractivity contribution in [2.24, 2.45) is 5.92 Å². The van der Waals surface area contributed by atoms with Gasteiger partial charge in [0.1, 0.15) is 5.54 Å². The number of carbonyl (C=O) groups excluding carboxylic acids is 1. The third-order valence-electron chi connectivity index (χ3n) is 4.78. The van der Waals surface area contributed by atoms with Crippen LogP contribution in [0.1, 0.15) is 51.9 Å². The minimum Gasteiger partial charge on any atom is -0.465 e. The Labute approximate surface area is 116 Å². The summed E-state index contributed by atoms with van der Waals surface area (Å²) in [5.41, 5.74) is -0.473. The van der Waals surface area contributed by atoms with Crippen LogP contribution in [0.3, 0.4) is 0 Å². The standard InChI is InChI=1S/C15H27NO3/c1-3-18-14(17)15(16-2)10-5-6-12(15)9-11-19-13-7-4-8-13/h12-13,16H,3-11H2,1-2H3. The highest BCUT2D eigenvalue weighted by molar-refractivity contribution is 5.81. The van der Waals surface area contributed by atoms with Gasteiger partial charge in [0, 0.05) is 6.61 Å². The minimum atomic E-state index is -0.473. The Kier molecular flexibility index (Phi) is 5.22. The van der Waals surface area contributed by atoms with Gasteiger partial charge in [-0.2, -0.15) is 0 Å². The molecule has 2 saturated carbocycles. The van der Waals surface area contributed by atoms with Crippen LogP contribution in [0.5, 0.6) is 0 Å². The molecular formula is C15H27NO3. The monoisotopic (exact) mass is 269 g/mol. The zero-order chi connectivity index (χ0) is 13.7. The Morgan fingerprint density at radius 3 is 2.68 bits per heavy atom. The van der Waals surface area contributed by atoms with Crippen molar-refractivity contribution in [3.8, 4) is 0 Å². The van der Waals surface area contributed by atoms with Gasteiger partial charge in [-0.25, -0.2) is 0 Å². The molecule has 0 aromatic carbocycles. The van der Waals surface area contributed by atoms with Gasteiger partial charge in [-0.05, 0) is 58.4 Å². The Balaban J connectivity index is 1.87. The molecule has 2 aliphatic carbocycles. The summed E-state index contributed by atoms with van der Waals surface area (Å²) in [5, 5.41) is 3.25. The fourth-order valence-corrected chi connectivity index (χ4v) is 3.34. The van der Waals surface area contributed by atoms with Crippen LogP contribution in [-0.2, 0) is 14.3 Å². The number of hydrogen-bond acceptors (Lipinski definition) is 4. The van der Waals surface area contributed by atoms with E-state index < -0.39 is 5.54 Å². The second-order valence-corrected chi connectivity index (χ2v) is 5.74. The summed E-state index contributed by atoms with van der Waals surface area (Å²) >= 11 is 0. The van der Waals surface area contributed by atoms with E-state index in [0.29, 0.717) is 18.6 Å². The molecule has 0 aromatic heterocycles. The van der Waals surface area contributed by atoms with Gasteiger partial charge >= 0.3 is 5.97 Å². The number of esters is 1. The van der Waals surface area contributed by atoms with Gasteiger partial charge in [-0.3, -0.25) is 4.79 Å². The quantitative estimate of drug-likeness (QED) is 0.720. The van der Waals surface area contributed by atoms with E-state index in [2.05, 4.69) is 5.32 Å². The van der Waals surface area contributed by atoms with Crippen LogP contribution in [-0.4, -0.2) is 37.9 Å². The van der Waals surface area contributed by atoms with Crippen LogP contribution in [0.4, 0.5) is 0 Å². The van der Waals surface area contributed by atoms with E-state index >= 15 is 0 Å². The first kappa shape index (κ1) is 14.8. The molecule has 0 spiro atoms. The van der Waals surface area contributed by atoms with Crippen LogP contribution >= 0.6 is 0 Å². The van der Waals surface area contributed by atoms with E-state index in [9.17, 15) is 4.79 Å². The molecule has 0 bridgehead atoms. The molecular weight excluding hydrogens is 242 g/mol. The van der Waals surface area contributed by atoms with Crippen molar-refractivity contribution < 1.29 is 14.3 Å². The SMILES string of the molecule is CCOC(=O)C1(NC)CCCC1CCOC1CCC1. The fraction of sp³-hybridized carbons (Fsp3) is 0.933. The van der Waals surface area contributed by atoms with Crippen LogP contribution in [0.15, 0.2) is 0 Å². The number of likely N-dealkylation sites (N-methyl/N-ethyl adjacent to an activating group) is 1. The molecule has 1 N–H and O–H groups in total. The van der Waals surface area contributed by atoms with Gasteiger partial charge < -0.3 is 14.8 Å². The summed E-state index contributed by atoms with van der Waals surface area (Å²) in [6.45, 7) is 3.09. The lowest BCUT2D eigenvalue weighted by atomic mass is 9.85. The van der Waals surface area contributed by atoms with E-state index in [1.165, 1.54) is 19.3 Å². The molecule has 4 heteroatoms. The third-order valence-corrected chi connectivity index (χ3v) is 4.78. The second-order valence-electron chi connectivity index (χ2n) is 5.74. The number of rotatable bonds is 7. The van der Waals surface area contributed by atoms with Crippen molar-refractivity contribution in [3.05, 3.63) is 0 Å². The van der Waals surface area contributed by atoms with Gasteiger partial charge in [0.2, 0.25) is 0 Å². The van der Waals surface area contributed by atoms with Crippen LogP contribution in [0.2, 0.25) is 0 Å². The summed E-state index contributed by atoms with van der Waals surface area (Å²) in [4.78, 5) is 12.2. The van der Waals surface area contributed by atoms with E-state index in [0.717, 1.165) is 32.3 Å². The van der Waals surface area contributed by atoms with Gasteiger partial charge in [0.15, 0.2) is 0 Å². The number of ether oxygens (including phenoxy) is 2. The molecule has 4 nitrogen and oxygen atoms in total. The van der Waals surface area contributed by atoms with E-state index in [1.807, 2.05) is 14.0 Å². The summed E-state index contributed by atoms with van der Waals surface area (Å²) in [7, 11) is 1.88. The van der Waals surface area contributed by atoms with E-state index in [1.54, 1.807) is 0 Å². The predicted octanol–water partition coefficient (Wildman–Crippen LogP) is 2.27. The molecule has 2 atom stereocenters. The molecule has 19 heavy (non-hydrogen) atoms. The topological polar surface area (TPSA) is 47.6 Å². The number of hydrogen-bond donors (Lipinski definition) is 1. The normalized spacial score (nSPS) is 31.2. The molecule has 0 radical (unpaired) electrons. The van der Waals surface area contributed by atoms with Gasteiger partial charge in [-0.15, -0.1) is 0 Å². The fourth-order valence-electron chi connectivity index (χ4n) is 3.34. The molecule has 0 saturated heterocycles. The van der Waals surface area contributed by atoms with Crippen molar-refractivity contribution in [2.75, 3.05) is 20.3 Å². The average Bonchev–Trinajstić information content (AvgIpc) is 2.77. The highest BCUT2D eigenvalue weighted by atomic mass is 16.5. The van der Waals surface area contributed by atoms with E-state index in [4.69, 9.17) is 9.47 Å². The molecule has 2 rings (SSSR count). The number of carbonyl (C=O) groups is 1.